The summed E-state index contributed by atoms with van der Waals surface area (Å²) < 4.78 is 28.0. The number of rotatable bonds is 6. The third kappa shape index (κ3) is 4.08. The minimum absolute atomic E-state index is 0.109. The van der Waals surface area contributed by atoms with E-state index in [1.165, 1.54) is 28.6 Å². The Hall–Kier alpha value is -3.35. The van der Waals surface area contributed by atoms with Crippen molar-refractivity contribution >= 4 is 49.7 Å². The summed E-state index contributed by atoms with van der Waals surface area (Å²) in [5.74, 6) is -0.428. The monoisotopic (exact) mass is 476 g/mol. The zero-order valence-electron chi connectivity index (χ0n) is 17.7. The van der Waals surface area contributed by atoms with E-state index in [0.717, 1.165) is 22.5 Å². The van der Waals surface area contributed by atoms with Gasteiger partial charge in [0.15, 0.2) is 0 Å². The minimum atomic E-state index is -3.97. The standard InChI is InChI=1S/C26H21ClN2O3S/c27-20-12-14-21(15-13-20)29(33(31,32)22-6-2-1-3-7-22)17-25(30)28-24-16-11-19-10-9-18-5-4-8-23(24)26(18)19/h1-8,11-16H,9-10,17H2,(H,28,30). The molecule has 1 aliphatic rings. The number of sulfonamides is 1. The lowest BCUT2D eigenvalue weighted by atomic mass is 10.0. The highest BCUT2D eigenvalue weighted by atomic mass is 35.5. The van der Waals surface area contributed by atoms with Crippen LogP contribution in [-0.2, 0) is 27.7 Å². The molecule has 5 nitrogen and oxygen atoms in total. The third-order valence-corrected chi connectivity index (χ3v) is 7.92. The Morgan fingerprint density at radius 2 is 1.55 bits per heavy atom. The molecular formula is C26H21ClN2O3S. The van der Waals surface area contributed by atoms with E-state index >= 15 is 0 Å². The van der Waals surface area contributed by atoms with Gasteiger partial charge in [0.05, 0.1) is 10.6 Å². The minimum Gasteiger partial charge on any atom is -0.324 e. The Kier molecular flexibility index (Phi) is 5.56. The van der Waals surface area contributed by atoms with E-state index in [1.807, 2.05) is 24.3 Å². The van der Waals surface area contributed by atoms with Crippen molar-refractivity contribution in [3.05, 3.63) is 101 Å². The second-order valence-corrected chi connectivity index (χ2v) is 10.3. The topological polar surface area (TPSA) is 66.5 Å². The first-order valence-electron chi connectivity index (χ1n) is 10.6. The number of halogens is 1. The highest BCUT2D eigenvalue weighted by Gasteiger charge is 2.27. The lowest BCUT2D eigenvalue weighted by molar-refractivity contribution is -0.114. The van der Waals surface area contributed by atoms with E-state index in [0.29, 0.717) is 16.4 Å². The number of hydrogen-bond acceptors (Lipinski definition) is 3. The molecule has 0 unspecified atom stereocenters. The molecule has 1 aliphatic carbocycles. The Balaban J connectivity index is 1.48. The molecule has 1 N–H and O–H groups in total. The second kappa shape index (κ2) is 8.54. The van der Waals surface area contributed by atoms with Crippen LogP contribution in [0.2, 0.25) is 5.02 Å². The fourth-order valence-corrected chi connectivity index (χ4v) is 5.89. The Morgan fingerprint density at radius 3 is 2.27 bits per heavy atom. The molecule has 4 aromatic carbocycles. The van der Waals surface area contributed by atoms with E-state index in [1.54, 1.807) is 42.5 Å². The Bertz CT molecular complexity index is 1440. The lowest BCUT2D eigenvalue weighted by Crippen LogP contribution is -2.38. The van der Waals surface area contributed by atoms with Crippen LogP contribution in [0.25, 0.3) is 10.8 Å². The van der Waals surface area contributed by atoms with Crippen molar-refractivity contribution in [3.63, 3.8) is 0 Å². The average molecular weight is 477 g/mol. The van der Waals surface area contributed by atoms with Crippen molar-refractivity contribution in [2.45, 2.75) is 17.7 Å². The predicted molar refractivity (Wildman–Crippen MR) is 132 cm³/mol. The van der Waals surface area contributed by atoms with Gasteiger partial charge in [-0.25, -0.2) is 8.42 Å². The zero-order valence-corrected chi connectivity index (χ0v) is 19.2. The molecule has 5 rings (SSSR count). The molecule has 0 fully saturated rings. The summed E-state index contributed by atoms with van der Waals surface area (Å²) in [6.45, 7) is -0.373. The van der Waals surface area contributed by atoms with Gasteiger partial charge in [-0.05, 0) is 71.8 Å². The van der Waals surface area contributed by atoms with E-state index < -0.39 is 15.9 Å². The molecule has 0 radical (unpaired) electrons. The first-order chi connectivity index (χ1) is 15.9. The summed E-state index contributed by atoms with van der Waals surface area (Å²) in [6, 6.07) is 24.5. The van der Waals surface area contributed by atoms with Crippen molar-refractivity contribution < 1.29 is 13.2 Å². The molecule has 166 valence electrons. The first-order valence-corrected chi connectivity index (χ1v) is 12.4. The molecule has 0 saturated heterocycles. The number of hydrogen-bond donors (Lipinski definition) is 1. The van der Waals surface area contributed by atoms with E-state index in [9.17, 15) is 13.2 Å². The van der Waals surface area contributed by atoms with Crippen LogP contribution in [0.1, 0.15) is 11.1 Å². The molecule has 0 aliphatic heterocycles. The molecule has 0 saturated carbocycles. The number of nitrogens with zero attached hydrogens (tertiary/aromatic N) is 1. The van der Waals surface area contributed by atoms with Crippen LogP contribution in [0, 0.1) is 0 Å². The van der Waals surface area contributed by atoms with Crippen LogP contribution >= 0.6 is 11.6 Å². The molecule has 0 aromatic heterocycles. The molecule has 0 atom stereocenters. The van der Waals surface area contributed by atoms with Gasteiger partial charge in [-0.1, -0.05) is 54.1 Å². The highest BCUT2D eigenvalue weighted by Crippen LogP contribution is 2.35. The average Bonchev–Trinajstić information content (AvgIpc) is 3.25. The number of nitrogens with one attached hydrogen (secondary N) is 1. The third-order valence-electron chi connectivity index (χ3n) is 5.88. The molecule has 7 heteroatoms. The summed E-state index contributed by atoms with van der Waals surface area (Å²) in [5.41, 5.74) is 3.58. The van der Waals surface area contributed by atoms with Crippen LogP contribution in [-0.4, -0.2) is 20.9 Å². The van der Waals surface area contributed by atoms with Gasteiger partial charge in [-0.15, -0.1) is 0 Å². The second-order valence-electron chi connectivity index (χ2n) is 7.96. The maximum Gasteiger partial charge on any atom is 0.264 e. The summed E-state index contributed by atoms with van der Waals surface area (Å²) in [7, 11) is -3.97. The Morgan fingerprint density at radius 1 is 0.848 bits per heavy atom. The highest BCUT2D eigenvalue weighted by molar-refractivity contribution is 7.92. The summed E-state index contributed by atoms with van der Waals surface area (Å²) in [6.07, 6.45) is 1.98. The number of amides is 1. The van der Waals surface area contributed by atoms with Crippen LogP contribution < -0.4 is 9.62 Å². The molecular weight excluding hydrogens is 456 g/mol. The van der Waals surface area contributed by atoms with Gasteiger partial charge in [0.1, 0.15) is 6.54 Å². The fourth-order valence-electron chi connectivity index (χ4n) is 4.32. The van der Waals surface area contributed by atoms with Gasteiger partial charge in [0.25, 0.3) is 10.0 Å². The first kappa shape index (κ1) is 21.5. The number of carbonyl (C=O) groups is 1. The van der Waals surface area contributed by atoms with Crippen LogP contribution in [0.4, 0.5) is 11.4 Å². The van der Waals surface area contributed by atoms with Crippen LogP contribution in [0.15, 0.2) is 89.8 Å². The largest absolute Gasteiger partial charge is 0.324 e. The lowest BCUT2D eigenvalue weighted by Gasteiger charge is -2.24. The number of carbonyl (C=O) groups excluding carboxylic acids is 1. The van der Waals surface area contributed by atoms with E-state index in [-0.39, 0.29) is 11.4 Å². The van der Waals surface area contributed by atoms with E-state index in [4.69, 9.17) is 11.6 Å². The SMILES string of the molecule is O=C(CN(c1ccc(Cl)cc1)S(=O)(=O)c1ccccc1)Nc1ccc2c3c(cccc13)CC2. The summed E-state index contributed by atoms with van der Waals surface area (Å²) >= 11 is 6.00. The van der Waals surface area contributed by atoms with Crippen LogP contribution in [0.5, 0.6) is 0 Å². The van der Waals surface area contributed by atoms with Gasteiger partial charge >= 0.3 is 0 Å². The zero-order chi connectivity index (χ0) is 23.0. The van der Waals surface area contributed by atoms with Crippen molar-refractivity contribution in [3.8, 4) is 0 Å². The van der Waals surface area contributed by atoms with Crippen molar-refractivity contribution in [1.29, 1.82) is 0 Å². The van der Waals surface area contributed by atoms with Crippen LogP contribution in [0.3, 0.4) is 0 Å². The quantitative estimate of drug-likeness (QED) is 0.403. The van der Waals surface area contributed by atoms with Crippen molar-refractivity contribution in [2.75, 3.05) is 16.2 Å². The fraction of sp³-hybridized carbons (Fsp3) is 0.115. The van der Waals surface area contributed by atoms with Gasteiger partial charge in [0, 0.05) is 16.1 Å². The number of benzene rings is 4. The number of aryl methyl sites for hydroxylation is 2. The van der Waals surface area contributed by atoms with Crippen molar-refractivity contribution in [1.82, 2.24) is 0 Å². The van der Waals surface area contributed by atoms with E-state index in [2.05, 4.69) is 11.4 Å². The van der Waals surface area contributed by atoms with Gasteiger partial charge < -0.3 is 5.32 Å². The molecule has 0 heterocycles. The summed E-state index contributed by atoms with van der Waals surface area (Å²) in [4.78, 5) is 13.2. The predicted octanol–water partition coefficient (Wildman–Crippen LogP) is 5.43. The van der Waals surface area contributed by atoms with Gasteiger partial charge in [-0.2, -0.15) is 0 Å². The number of anilines is 2. The molecule has 33 heavy (non-hydrogen) atoms. The summed E-state index contributed by atoms with van der Waals surface area (Å²) in [5, 5.41) is 5.57. The molecule has 4 aromatic rings. The molecule has 1 amide bonds. The van der Waals surface area contributed by atoms with Gasteiger partial charge in [0.2, 0.25) is 5.91 Å². The van der Waals surface area contributed by atoms with Crippen molar-refractivity contribution in [2.24, 2.45) is 0 Å². The normalized spacial score (nSPS) is 12.6. The maximum absolute atomic E-state index is 13.4. The maximum atomic E-state index is 13.4. The van der Waals surface area contributed by atoms with Gasteiger partial charge in [-0.3, -0.25) is 9.10 Å². The molecule has 0 bridgehead atoms. The smallest absolute Gasteiger partial charge is 0.264 e. The Labute approximate surface area is 197 Å². The molecule has 0 spiro atoms.